The van der Waals surface area contributed by atoms with Gasteiger partial charge in [-0.25, -0.2) is 9.79 Å². The number of methoxy groups -OCH3 is 1. The molecule has 2 aromatic rings. The normalized spacial score (nSPS) is 15.0. The zero-order chi connectivity index (χ0) is 18.7. The summed E-state index contributed by atoms with van der Waals surface area (Å²) in [5.74, 6) is 0.932. The van der Waals surface area contributed by atoms with Crippen LogP contribution in [-0.4, -0.2) is 25.6 Å². The first-order chi connectivity index (χ1) is 12.5. The minimum atomic E-state index is -0.525. The standard InChI is InChI=1S/C19H15ClINO4/c1-3-25-17-14(21)8-11(10-16(17)24-2)9-15-19(23)26-18(22-15)12-6-4-5-7-13(12)20/h4-10H,3H2,1-2H3/b15-9-. The SMILES string of the molecule is CCOc1c(I)cc(/C=C2\N=C(c3ccccc3Cl)OC2=O)cc1OC. The van der Waals surface area contributed by atoms with Crippen molar-refractivity contribution >= 4 is 52.1 Å². The van der Waals surface area contributed by atoms with Crippen LogP contribution in [0, 0.1) is 3.57 Å². The lowest BCUT2D eigenvalue weighted by molar-refractivity contribution is -0.129. The summed E-state index contributed by atoms with van der Waals surface area (Å²) < 4.78 is 17.1. The van der Waals surface area contributed by atoms with Gasteiger partial charge in [-0.15, -0.1) is 0 Å². The van der Waals surface area contributed by atoms with Crippen molar-refractivity contribution in [3.63, 3.8) is 0 Å². The molecule has 0 amide bonds. The summed E-state index contributed by atoms with van der Waals surface area (Å²) in [7, 11) is 1.57. The highest BCUT2D eigenvalue weighted by Crippen LogP contribution is 2.35. The van der Waals surface area contributed by atoms with Gasteiger partial charge in [0.1, 0.15) is 0 Å². The van der Waals surface area contributed by atoms with Crippen molar-refractivity contribution in [2.45, 2.75) is 6.92 Å². The number of carbonyl (C=O) groups is 1. The number of rotatable bonds is 5. The zero-order valence-electron chi connectivity index (χ0n) is 14.1. The Balaban J connectivity index is 1.98. The number of benzene rings is 2. The molecule has 134 valence electrons. The van der Waals surface area contributed by atoms with E-state index in [4.69, 9.17) is 25.8 Å². The third kappa shape index (κ3) is 3.86. The fourth-order valence-corrected chi connectivity index (χ4v) is 3.42. The van der Waals surface area contributed by atoms with E-state index in [1.54, 1.807) is 43.5 Å². The highest BCUT2D eigenvalue weighted by Gasteiger charge is 2.25. The maximum atomic E-state index is 12.2. The van der Waals surface area contributed by atoms with E-state index in [9.17, 15) is 4.79 Å². The van der Waals surface area contributed by atoms with Gasteiger partial charge in [-0.2, -0.15) is 0 Å². The van der Waals surface area contributed by atoms with Crippen LogP contribution in [0.4, 0.5) is 0 Å². The molecule has 0 bridgehead atoms. The molecule has 0 N–H and O–H groups in total. The van der Waals surface area contributed by atoms with Crippen LogP contribution in [0.5, 0.6) is 11.5 Å². The lowest BCUT2D eigenvalue weighted by Crippen LogP contribution is -2.05. The Morgan fingerprint density at radius 3 is 2.77 bits per heavy atom. The molecular formula is C19H15ClINO4. The number of aliphatic imine (C=N–C) groups is 1. The highest BCUT2D eigenvalue weighted by molar-refractivity contribution is 14.1. The van der Waals surface area contributed by atoms with Gasteiger partial charge in [0, 0.05) is 0 Å². The van der Waals surface area contributed by atoms with Gasteiger partial charge in [-0.05, 0) is 65.4 Å². The Kier molecular flexibility index (Phi) is 5.83. The molecule has 1 aliphatic heterocycles. The van der Waals surface area contributed by atoms with E-state index in [1.165, 1.54) is 0 Å². The van der Waals surface area contributed by atoms with Gasteiger partial charge in [-0.3, -0.25) is 0 Å². The summed E-state index contributed by atoms with van der Waals surface area (Å²) in [6, 6.07) is 10.7. The molecule has 0 fully saturated rings. The molecule has 26 heavy (non-hydrogen) atoms. The van der Waals surface area contributed by atoms with Gasteiger partial charge in [0.15, 0.2) is 17.2 Å². The van der Waals surface area contributed by atoms with E-state index in [2.05, 4.69) is 27.6 Å². The molecule has 5 nitrogen and oxygen atoms in total. The van der Waals surface area contributed by atoms with Crippen LogP contribution >= 0.6 is 34.2 Å². The summed E-state index contributed by atoms with van der Waals surface area (Å²) in [5, 5.41) is 0.470. The number of nitrogens with zero attached hydrogens (tertiary/aromatic N) is 1. The van der Waals surface area contributed by atoms with Gasteiger partial charge >= 0.3 is 5.97 Å². The van der Waals surface area contributed by atoms with Gasteiger partial charge in [0.05, 0.1) is 27.9 Å². The molecule has 0 radical (unpaired) electrons. The monoisotopic (exact) mass is 483 g/mol. The first kappa shape index (κ1) is 18.7. The number of halogens is 2. The minimum absolute atomic E-state index is 0.194. The molecule has 2 aromatic carbocycles. The van der Waals surface area contributed by atoms with E-state index in [0.29, 0.717) is 28.7 Å². The number of carbonyl (C=O) groups excluding carboxylic acids is 1. The van der Waals surface area contributed by atoms with Crippen LogP contribution in [0.3, 0.4) is 0 Å². The van der Waals surface area contributed by atoms with E-state index in [0.717, 1.165) is 9.13 Å². The van der Waals surface area contributed by atoms with Crippen molar-refractivity contribution in [2.24, 2.45) is 4.99 Å². The maximum absolute atomic E-state index is 12.2. The average Bonchev–Trinajstić information content (AvgIpc) is 2.98. The maximum Gasteiger partial charge on any atom is 0.363 e. The molecule has 0 saturated heterocycles. The Hall–Kier alpha value is -2.06. The molecule has 7 heteroatoms. The van der Waals surface area contributed by atoms with E-state index >= 15 is 0 Å². The van der Waals surface area contributed by atoms with Crippen molar-refractivity contribution < 1.29 is 19.0 Å². The first-order valence-corrected chi connectivity index (χ1v) is 9.27. The summed E-state index contributed by atoms with van der Waals surface area (Å²) in [4.78, 5) is 16.5. The topological polar surface area (TPSA) is 57.1 Å². The Morgan fingerprint density at radius 1 is 1.31 bits per heavy atom. The largest absolute Gasteiger partial charge is 0.493 e. The van der Waals surface area contributed by atoms with Gasteiger partial charge in [0.2, 0.25) is 5.90 Å². The molecule has 1 heterocycles. The third-order valence-corrected chi connectivity index (χ3v) is 4.70. The second-order valence-corrected chi connectivity index (χ2v) is 6.85. The number of cyclic esters (lactones) is 1. The summed E-state index contributed by atoms with van der Waals surface area (Å²) in [5.41, 5.74) is 1.53. The van der Waals surface area contributed by atoms with Crippen LogP contribution in [-0.2, 0) is 9.53 Å². The van der Waals surface area contributed by atoms with Crippen LogP contribution < -0.4 is 9.47 Å². The number of ether oxygens (including phenoxy) is 3. The van der Waals surface area contributed by atoms with E-state index < -0.39 is 5.97 Å². The predicted molar refractivity (Wildman–Crippen MR) is 109 cm³/mol. The van der Waals surface area contributed by atoms with Crippen LogP contribution in [0.25, 0.3) is 6.08 Å². The number of hydrogen-bond acceptors (Lipinski definition) is 5. The summed E-state index contributed by atoms with van der Waals surface area (Å²) >= 11 is 8.31. The molecule has 0 atom stereocenters. The molecule has 0 aromatic heterocycles. The third-order valence-electron chi connectivity index (χ3n) is 3.57. The highest BCUT2D eigenvalue weighted by atomic mass is 127. The van der Waals surface area contributed by atoms with Crippen LogP contribution in [0.15, 0.2) is 47.1 Å². The molecule has 1 aliphatic rings. The molecule has 3 rings (SSSR count). The first-order valence-electron chi connectivity index (χ1n) is 7.81. The van der Waals surface area contributed by atoms with E-state index in [1.807, 2.05) is 13.0 Å². The lowest BCUT2D eigenvalue weighted by Gasteiger charge is -2.12. The fourth-order valence-electron chi connectivity index (χ4n) is 2.42. The van der Waals surface area contributed by atoms with Crippen LogP contribution in [0.1, 0.15) is 18.1 Å². The van der Waals surface area contributed by atoms with Gasteiger partial charge < -0.3 is 14.2 Å². The minimum Gasteiger partial charge on any atom is -0.493 e. The van der Waals surface area contributed by atoms with Crippen molar-refractivity contribution in [2.75, 3.05) is 13.7 Å². The van der Waals surface area contributed by atoms with Crippen molar-refractivity contribution in [3.05, 3.63) is 61.8 Å². The predicted octanol–water partition coefficient (Wildman–Crippen LogP) is 4.70. The summed E-state index contributed by atoms with van der Waals surface area (Å²) in [6.45, 7) is 2.44. The van der Waals surface area contributed by atoms with Crippen molar-refractivity contribution in [1.29, 1.82) is 0 Å². The average molecular weight is 484 g/mol. The van der Waals surface area contributed by atoms with Gasteiger partial charge in [-0.1, -0.05) is 23.7 Å². The van der Waals surface area contributed by atoms with Crippen molar-refractivity contribution in [3.8, 4) is 11.5 Å². The fraction of sp³-hybridized carbons (Fsp3) is 0.158. The van der Waals surface area contributed by atoms with Crippen LogP contribution in [0.2, 0.25) is 5.02 Å². The smallest absolute Gasteiger partial charge is 0.363 e. The molecule has 0 spiro atoms. The molecule has 0 saturated carbocycles. The Labute approximate surface area is 169 Å². The quantitative estimate of drug-likeness (QED) is 0.352. The summed E-state index contributed by atoms with van der Waals surface area (Å²) in [6.07, 6.45) is 1.65. The lowest BCUT2D eigenvalue weighted by atomic mass is 10.1. The Bertz CT molecular complexity index is 924. The number of hydrogen-bond donors (Lipinski definition) is 0. The molecular weight excluding hydrogens is 469 g/mol. The van der Waals surface area contributed by atoms with E-state index in [-0.39, 0.29) is 11.6 Å². The van der Waals surface area contributed by atoms with Gasteiger partial charge in [0.25, 0.3) is 0 Å². The number of esters is 1. The second kappa shape index (κ2) is 8.09. The zero-order valence-corrected chi connectivity index (χ0v) is 17.0. The second-order valence-electron chi connectivity index (χ2n) is 5.28. The van der Waals surface area contributed by atoms with Crippen molar-refractivity contribution in [1.82, 2.24) is 0 Å². The molecule has 0 unspecified atom stereocenters. The Morgan fingerprint density at radius 2 is 2.08 bits per heavy atom. The molecule has 0 aliphatic carbocycles.